The van der Waals surface area contributed by atoms with Crippen LogP contribution in [0.4, 0.5) is 0 Å². The molecule has 5 heteroatoms. The first-order valence-corrected chi connectivity index (χ1v) is 7.52. The normalized spacial score (nSPS) is 11.9. The Morgan fingerprint density at radius 1 is 1.28 bits per heavy atom. The predicted octanol–water partition coefficient (Wildman–Crippen LogP) is 2.85. The van der Waals surface area contributed by atoms with Crippen molar-refractivity contribution in [1.82, 2.24) is 0 Å². The number of rotatable bonds is 6. The third-order valence-corrected chi connectivity index (χ3v) is 4.47. The molecule has 0 aliphatic heterocycles. The van der Waals surface area contributed by atoms with Crippen LogP contribution < -0.4 is 0 Å². The topological polar surface area (TPSA) is 43.4 Å². The zero-order valence-electron chi connectivity index (χ0n) is 10.4. The highest BCUT2D eigenvalue weighted by Gasteiger charge is 2.15. The van der Waals surface area contributed by atoms with Crippen molar-refractivity contribution >= 4 is 34.6 Å². The molecule has 0 aliphatic rings. The van der Waals surface area contributed by atoms with Crippen molar-refractivity contribution in [2.24, 2.45) is 5.92 Å². The van der Waals surface area contributed by atoms with Gasteiger partial charge in [0.1, 0.15) is 0 Å². The van der Waals surface area contributed by atoms with Gasteiger partial charge in [0.2, 0.25) is 0 Å². The summed E-state index contributed by atoms with van der Waals surface area (Å²) in [5.41, 5.74) is 0. The SMILES string of the molecule is COC(=O)CSCC(C)C(=O)Sc1ccccc1. The van der Waals surface area contributed by atoms with Gasteiger partial charge in [-0.1, -0.05) is 36.9 Å². The van der Waals surface area contributed by atoms with E-state index in [2.05, 4.69) is 4.74 Å². The second kappa shape index (κ2) is 8.21. The van der Waals surface area contributed by atoms with Gasteiger partial charge < -0.3 is 4.74 Å². The Morgan fingerprint density at radius 3 is 2.56 bits per heavy atom. The predicted molar refractivity (Wildman–Crippen MR) is 75.8 cm³/mol. The first-order chi connectivity index (χ1) is 8.63. The largest absolute Gasteiger partial charge is 0.468 e. The van der Waals surface area contributed by atoms with E-state index in [4.69, 9.17) is 0 Å². The van der Waals surface area contributed by atoms with Crippen molar-refractivity contribution in [3.05, 3.63) is 30.3 Å². The van der Waals surface area contributed by atoms with Gasteiger partial charge in [-0.2, -0.15) is 0 Å². The van der Waals surface area contributed by atoms with Crippen molar-refractivity contribution in [3.8, 4) is 0 Å². The van der Waals surface area contributed by atoms with Crippen molar-refractivity contribution in [2.45, 2.75) is 11.8 Å². The first kappa shape index (κ1) is 15.1. The zero-order chi connectivity index (χ0) is 13.4. The Labute approximate surface area is 116 Å². The number of ether oxygens (including phenoxy) is 1. The Balaban J connectivity index is 2.31. The number of methoxy groups -OCH3 is 1. The van der Waals surface area contributed by atoms with Gasteiger partial charge in [0.25, 0.3) is 0 Å². The zero-order valence-corrected chi connectivity index (χ0v) is 12.1. The maximum Gasteiger partial charge on any atom is 0.315 e. The molecule has 3 nitrogen and oxygen atoms in total. The monoisotopic (exact) mass is 284 g/mol. The molecule has 1 unspecified atom stereocenters. The number of hydrogen-bond donors (Lipinski definition) is 0. The van der Waals surface area contributed by atoms with Crippen LogP contribution in [0.15, 0.2) is 35.2 Å². The lowest BCUT2D eigenvalue weighted by molar-refractivity contribution is -0.137. The molecular formula is C13H16O3S2. The minimum absolute atomic E-state index is 0.0788. The van der Waals surface area contributed by atoms with Gasteiger partial charge in [-0.05, 0) is 12.1 Å². The van der Waals surface area contributed by atoms with Crippen molar-refractivity contribution in [1.29, 1.82) is 0 Å². The first-order valence-electron chi connectivity index (χ1n) is 5.54. The van der Waals surface area contributed by atoms with E-state index in [0.717, 1.165) is 4.90 Å². The van der Waals surface area contributed by atoms with Crippen molar-refractivity contribution < 1.29 is 14.3 Å². The van der Waals surface area contributed by atoms with Crippen LogP contribution in [0.5, 0.6) is 0 Å². The maximum absolute atomic E-state index is 11.9. The average molecular weight is 284 g/mol. The Morgan fingerprint density at radius 2 is 1.94 bits per heavy atom. The van der Waals surface area contributed by atoms with Crippen LogP contribution in [0.3, 0.4) is 0 Å². The molecule has 1 rings (SSSR count). The van der Waals surface area contributed by atoms with Crippen LogP contribution in [0.2, 0.25) is 0 Å². The molecule has 1 aromatic carbocycles. The summed E-state index contributed by atoms with van der Waals surface area (Å²) in [5, 5.41) is 0.124. The lowest BCUT2D eigenvalue weighted by atomic mass is 10.2. The minimum Gasteiger partial charge on any atom is -0.468 e. The molecule has 0 aromatic heterocycles. The summed E-state index contributed by atoms with van der Waals surface area (Å²) in [6.07, 6.45) is 0. The number of esters is 1. The van der Waals surface area contributed by atoms with Gasteiger partial charge in [-0.15, -0.1) is 11.8 Å². The number of carbonyl (C=O) groups excluding carboxylic acids is 2. The molecule has 98 valence electrons. The third-order valence-electron chi connectivity index (χ3n) is 2.18. The maximum atomic E-state index is 11.9. The van der Waals surface area contributed by atoms with Gasteiger partial charge in [-0.25, -0.2) is 0 Å². The molecule has 1 atom stereocenters. The molecule has 0 aliphatic carbocycles. The van der Waals surface area contributed by atoms with E-state index in [1.54, 1.807) is 0 Å². The fourth-order valence-electron chi connectivity index (χ4n) is 1.15. The second-order valence-corrected chi connectivity index (χ2v) is 5.83. The summed E-state index contributed by atoms with van der Waals surface area (Å²) in [4.78, 5) is 23.8. The third kappa shape index (κ3) is 5.60. The van der Waals surface area contributed by atoms with Crippen LogP contribution in [-0.4, -0.2) is 29.7 Å². The molecule has 18 heavy (non-hydrogen) atoms. The van der Waals surface area contributed by atoms with Gasteiger partial charge in [0.05, 0.1) is 12.9 Å². The standard InChI is InChI=1S/C13H16O3S2/c1-10(8-17-9-12(14)16-2)13(15)18-11-6-4-3-5-7-11/h3-7,10H,8-9H2,1-2H3. The van der Waals surface area contributed by atoms with Crippen LogP contribution in [0.1, 0.15) is 6.92 Å². The number of thioether (sulfide) groups is 2. The smallest absolute Gasteiger partial charge is 0.315 e. The van der Waals surface area contributed by atoms with E-state index < -0.39 is 0 Å². The molecule has 0 fully saturated rings. The summed E-state index contributed by atoms with van der Waals surface area (Å²) in [5.74, 6) is 0.595. The van der Waals surface area contributed by atoms with E-state index in [1.165, 1.54) is 30.6 Å². The molecule has 0 spiro atoms. The van der Waals surface area contributed by atoms with Gasteiger partial charge in [0.15, 0.2) is 5.12 Å². The van der Waals surface area contributed by atoms with Crippen molar-refractivity contribution in [3.63, 3.8) is 0 Å². The van der Waals surface area contributed by atoms with Gasteiger partial charge in [0, 0.05) is 16.6 Å². The van der Waals surface area contributed by atoms with E-state index in [9.17, 15) is 9.59 Å². The fourth-order valence-corrected chi connectivity index (χ4v) is 2.97. The second-order valence-electron chi connectivity index (χ2n) is 3.73. The van der Waals surface area contributed by atoms with Crippen LogP contribution in [0, 0.1) is 5.92 Å². The van der Waals surface area contributed by atoms with Crippen molar-refractivity contribution in [2.75, 3.05) is 18.6 Å². The number of hydrogen-bond acceptors (Lipinski definition) is 5. The molecule has 0 saturated heterocycles. The van der Waals surface area contributed by atoms with Gasteiger partial charge >= 0.3 is 5.97 Å². The highest BCUT2D eigenvalue weighted by Crippen LogP contribution is 2.23. The molecule has 0 N–H and O–H groups in total. The number of carbonyl (C=O) groups is 2. The molecule has 0 radical (unpaired) electrons. The highest BCUT2D eigenvalue weighted by atomic mass is 32.2. The molecule has 0 bridgehead atoms. The Kier molecular flexibility index (Phi) is 6.90. The molecular weight excluding hydrogens is 268 g/mol. The summed E-state index contributed by atoms with van der Waals surface area (Å²) in [7, 11) is 1.36. The summed E-state index contributed by atoms with van der Waals surface area (Å²) in [6, 6.07) is 9.57. The minimum atomic E-state index is -0.254. The van der Waals surface area contributed by atoms with E-state index >= 15 is 0 Å². The lowest BCUT2D eigenvalue weighted by Crippen LogP contribution is -2.12. The molecule has 1 aromatic rings. The average Bonchev–Trinajstić information content (AvgIpc) is 2.39. The summed E-state index contributed by atoms with van der Waals surface area (Å²) in [6.45, 7) is 1.88. The summed E-state index contributed by atoms with van der Waals surface area (Å²) >= 11 is 2.67. The summed E-state index contributed by atoms with van der Waals surface area (Å²) < 4.78 is 4.54. The van der Waals surface area contributed by atoms with Crippen LogP contribution >= 0.6 is 23.5 Å². The Bertz CT molecular complexity index is 392. The molecule has 0 heterocycles. The van der Waals surface area contributed by atoms with E-state index in [0.29, 0.717) is 11.5 Å². The van der Waals surface area contributed by atoms with E-state index in [1.807, 2.05) is 37.3 Å². The van der Waals surface area contributed by atoms with Crippen LogP contribution in [0.25, 0.3) is 0 Å². The fraction of sp³-hybridized carbons (Fsp3) is 0.385. The lowest BCUT2D eigenvalue weighted by Gasteiger charge is -2.08. The van der Waals surface area contributed by atoms with E-state index in [-0.39, 0.29) is 17.0 Å². The molecule has 0 amide bonds. The molecule has 0 saturated carbocycles. The quantitative estimate of drug-likeness (QED) is 0.593. The highest BCUT2D eigenvalue weighted by molar-refractivity contribution is 8.13. The van der Waals surface area contributed by atoms with Gasteiger partial charge in [-0.3, -0.25) is 9.59 Å². The number of benzene rings is 1. The van der Waals surface area contributed by atoms with Crippen LogP contribution in [-0.2, 0) is 14.3 Å². The Hall–Kier alpha value is -0.940.